The van der Waals surface area contributed by atoms with Gasteiger partial charge in [-0.1, -0.05) is 26.0 Å². The molecule has 1 N–H and O–H groups in total. The maximum atomic E-state index is 12.2. The molecule has 0 aromatic heterocycles. The van der Waals surface area contributed by atoms with E-state index in [1.54, 1.807) is 11.8 Å². The second-order valence-corrected chi connectivity index (χ2v) is 5.75. The fourth-order valence-electron chi connectivity index (χ4n) is 2.31. The number of β-amino-alcohol motifs (C(OH)–C–C–N with tert-alkyl or cyclic N) is 1. The lowest BCUT2D eigenvalue weighted by Crippen LogP contribution is -2.33. The number of nitrogens with zero attached hydrogens (tertiary/aromatic N) is 1. The fourth-order valence-corrected chi connectivity index (χ4v) is 2.31. The molecule has 18 heavy (non-hydrogen) atoms. The minimum absolute atomic E-state index is 0.0167. The summed E-state index contributed by atoms with van der Waals surface area (Å²) in [6.45, 7) is 7.11. The summed E-state index contributed by atoms with van der Waals surface area (Å²) in [7, 11) is 0. The van der Waals surface area contributed by atoms with E-state index in [-0.39, 0.29) is 5.91 Å². The second-order valence-electron chi connectivity index (χ2n) is 5.75. The van der Waals surface area contributed by atoms with Crippen molar-refractivity contribution in [3.8, 4) is 0 Å². The van der Waals surface area contributed by atoms with Crippen LogP contribution in [0.3, 0.4) is 0 Å². The third-order valence-corrected chi connectivity index (χ3v) is 3.56. The predicted molar refractivity (Wildman–Crippen MR) is 71.7 cm³/mol. The number of carbonyl (C=O) groups excluding carboxylic acids is 1. The largest absolute Gasteiger partial charge is 0.388 e. The lowest BCUT2D eigenvalue weighted by molar-refractivity contribution is 0.0572. The van der Waals surface area contributed by atoms with E-state index in [1.807, 2.05) is 24.3 Å². The van der Waals surface area contributed by atoms with E-state index >= 15 is 0 Å². The summed E-state index contributed by atoms with van der Waals surface area (Å²) in [4.78, 5) is 14.0. The van der Waals surface area contributed by atoms with Crippen molar-refractivity contribution in [2.24, 2.45) is 0 Å². The standard InChI is InChI=1S/C15H21NO2/c1-11(2)12-4-6-13(7-5-12)14(17)16-9-8-15(3,18)10-16/h4-7,11,18H,8-10H2,1-3H3. The minimum Gasteiger partial charge on any atom is -0.388 e. The number of likely N-dealkylation sites (tertiary alicyclic amines) is 1. The molecule has 0 spiro atoms. The van der Waals surface area contributed by atoms with Crippen LogP contribution in [0.4, 0.5) is 0 Å². The van der Waals surface area contributed by atoms with Gasteiger partial charge in [0.2, 0.25) is 0 Å². The number of benzene rings is 1. The molecule has 0 radical (unpaired) electrons. The van der Waals surface area contributed by atoms with Gasteiger partial charge in [-0.2, -0.15) is 0 Å². The van der Waals surface area contributed by atoms with Gasteiger partial charge in [-0.05, 0) is 37.0 Å². The van der Waals surface area contributed by atoms with E-state index in [0.29, 0.717) is 31.0 Å². The molecule has 98 valence electrons. The van der Waals surface area contributed by atoms with Crippen molar-refractivity contribution >= 4 is 5.91 Å². The third-order valence-electron chi connectivity index (χ3n) is 3.56. The van der Waals surface area contributed by atoms with Crippen molar-refractivity contribution in [2.45, 2.75) is 38.7 Å². The highest BCUT2D eigenvalue weighted by Gasteiger charge is 2.34. The second kappa shape index (κ2) is 4.73. The molecule has 0 aliphatic carbocycles. The molecule has 1 aliphatic rings. The average Bonchev–Trinajstić information content (AvgIpc) is 2.69. The number of hydrogen-bond donors (Lipinski definition) is 1. The molecular formula is C15H21NO2. The molecule has 1 aromatic rings. The zero-order chi connectivity index (χ0) is 13.3. The Labute approximate surface area is 108 Å². The van der Waals surface area contributed by atoms with Crippen molar-refractivity contribution in [1.29, 1.82) is 0 Å². The van der Waals surface area contributed by atoms with E-state index < -0.39 is 5.60 Å². The monoisotopic (exact) mass is 247 g/mol. The highest BCUT2D eigenvalue weighted by Crippen LogP contribution is 2.22. The van der Waals surface area contributed by atoms with Gasteiger partial charge in [0.25, 0.3) is 5.91 Å². The molecule has 1 unspecified atom stereocenters. The topological polar surface area (TPSA) is 40.5 Å². The maximum Gasteiger partial charge on any atom is 0.253 e. The van der Waals surface area contributed by atoms with E-state index in [9.17, 15) is 9.90 Å². The molecule has 2 rings (SSSR count). The minimum atomic E-state index is -0.729. The van der Waals surface area contributed by atoms with Gasteiger partial charge in [-0.3, -0.25) is 4.79 Å². The van der Waals surface area contributed by atoms with Crippen LogP contribution in [0.1, 0.15) is 49.0 Å². The third kappa shape index (κ3) is 2.72. The van der Waals surface area contributed by atoms with Crippen molar-refractivity contribution < 1.29 is 9.90 Å². The average molecular weight is 247 g/mol. The molecule has 0 bridgehead atoms. The molecular weight excluding hydrogens is 226 g/mol. The number of hydrogen-bond acceptors (Lipinski definition) is 2. The Morgan fingerprint density at radius 1 is 1.33 bits per heavy atom. The van der Waals surface area contributed by atoms with Crippen molar-refractivity contribution in [2.75, 3.05) is 13.1 Å². The summed E-state index contributed by atoms with van der Waals surface area (Å²) < 4.78 is 0. The molecule has 1 fully saturated rings. The number of carbonyl (C=O) groups is 1. The van der Waals surface area contributed by atoms with Crippen molar-refractivity contribution in [3.63, 3.8) is 0 Å². The lowest BCUT2D eigenvalue weighted by atomic mass is 10.0. The Morgan fingerprint density at radius 2 is 1.94 bits per heavy atom. The van der Waals surface area contributed by atoms with Crippen molar-refractivity contribution in [1.82, 2.24) is 4.90 Å². The van der Waals surface area contributed by atoms with Crippen molar-refractivity contribution in [3.05, 3.63) is 35.4 Å². The zero-order valence-electron chi connectivity index (χ0n) is 11.3. The SMILES string of the molecule is CC(C)c1ccc(C(=O)N2CCC(C)(O)C2)cc1. The van der Waals surface area contributed by atoms with E-state index in [0.717, 1.165) is 0 Å². The first-order valence-electron chi connectivity index (χ1n) is 6.51. The summed E-state index contributed by atoms with van der Waals surface area (Å²) >= 11 is 0. The van der Waals surface area contributed by atoms with Crippen LogP contribution >= 0.6 is 0 Å². The summed E-state index contributed by atoms with van der Waals surface area (Å²) in [6, 6.07) is 7.77. The number of aliphatic hydroxyl groups is 1. The van der Waals surface area contributed by atoms with Crippen LogP contribution in [0, 0.1) is 0 Å². The predicted octanol–water partition coefficient (Wildman–Crippen LogP) is 2.41. The van der Waals surface area contributed by atoms with Crippen LogP contribution < -0.4 is 0 Å². The summed E-state index contributed by atoms with van der Waals surface area (Å²) in [5, 5.41) is 9.88. The lowest BCUT2D eigenvalue weighted by Gasteiger charge is -2.19. The van der Waals surface area contributed by atoms with Gasteiger partial charge in [0.05, 0.1) is 5.60 Å². The summed E-state index contributed by atoms with van der Waals surface area (Å²) in [6.07, 6.45) is 0.656. The van der Waals surface area contributed by atoms with Crippen LogP contribution in [-0.4, -0.2) is 34.6 Å². The Balaban J connectivity index is 2.10. The molecule has 3 heteroatoms. The number of rotatable bonds is 2. The Kier molecular flexibility index (Phi) is 3.44. The highest BCUT2D eigenvalue weighted by atomic mass is 16.3. The highest BCUT2D eigenvalue weighted by molar-refractivity contribution is 5.94. The van der Waals surface area contributed by atoms with Gasteiger partial charge in [0.15, 0.2) is 0 Å². The van der Waals surface area contributed by atoms with Gasteiger partial charge in [0, 0.05) is 18.7 Å². The van der Waals surface area contributed by atoms with Gasteiger partial charge >= 0.3 is 0 Å². The van der Waals surface area contributed by atoms with Crippen LogP contribution in [0.2, 0.25) is 0 Å². The summed E-state index contributed by atoms with van der Waals surface area (Å²) in [5.41, 5.74) is 1.21. The Bertz CT molecular complexity index is 434. The first-order valence-corrected chi connectivity index (χ1v) is 6.51. The quantitative estimate of drug-likeness (QED) is 0.872. The van der Waals surface area contributed by atoms with Gasteiger partial charge < -0.3 is 10.0 Å². The molecule has 1 heterocycles. The Morgan fingerprint density at radius 3 is 2.39 bits per heavy atom. The fraction of sp³-hybridized carbons (Fsp3) is 0.533. The Hall–Kier alpha value is -1.35. The molecule has 0 saturated carbocycles. The molecule has 1 saturated heterocycles. The molecule has 3 nitrogen and oxygen atoms in total. The van der Waals surface area contributed by atoms with E-state index in [1.165, 1.54) is 5.56 Å². The van der Waals surface area contributed by atoms with Gasteiger partial charge in [0.1, 0.15) is 0 Å². The zero-order valence-corrected chi connectivity index (χ0v) is 11.3. The number of amides is 1. The van der Waals surface area contributed by atoms with Crippen LogP contribution in [0.25, 0.3) is 0 Å². The first kappa shape index (κ1) is 13.1. The first-order chi connectivity index (χ1) is 8.39. The van der Waals surface area contributed by atoms with Gasteiger partial charge in [-0.25, -0.2) is 0 Å². The van der Waals surface area contributed by atoms with E-state index in [2.05, 4.69) is 13.8 Å². The molecule has 1 atom stereocenters. The normalized spacial score (nSPS) is 23.7. The van der Waals surface area contributed by atoms with Crippen LogP contribution in [0.5, 0.6) is 0 Å². The van der Waals surface area contributed by atoms with Gasteiger partial charge in [-0.15, -0.1) is 0 Å². The van der Waals surface area contributed by atoms with E-state index in [4.69, 9.17) is 0 Å². The van der Waals surface area contributed by atoms with Crippen LogP contribution in [0.15, 0.2) is 24.3 Å². The molecule has 1 amide bonds. The summed E-state index contributed by atoms with van der Waals surface area (Å²) in [5.74, 6) is 0.491. The molecule has 1 aromatic carbocycles. The molecule has 1 aliphatic heterocycles. The van der Waals surface area contributed by atoms with Crippen LogP contribution in [-0.2, 0) is 0 Å². The smallest absolute Gasteiger partial charge is 0.253 e. The maximum absolute atomic E-state index is 12.2.